The molecule has 2 N–H and O–H groups in total. The minimum atomic E-state index is -0.257. The first-order valence-corrected chi connectivity index (χ1v) is 9.47. The molecule has 1 fully saturated rings. The van der Waals surface area contributed by atoms with E-state index in [2.05, 4.69) is 17.6 Å². The van der Waals surface area contributed by atoms with Crippen LogP contribution < -0.4 is 15.4 Å². The summed E-state index contributed by atoms with van der Waals surface area (Å²) in [5, 5.41) is 6.60. The van der Waals surface area contributed by atoms with Crippen LogP contribution in [0.5, 0.6) is 5.75 Å². The third-order valence-corrected chi connectivity index (χ3v) is 5.18. The van der Waals surface area contributed by atoms with Crippen molar-refractivity contribution in [1.82, 2.24) is 10.6 Å². The number of carbonyl (C=O) groups excluding carboxylic acids is 1. The van der Waals surface area contributed by atoms with Gasteiger partial charge in [-0.15, -0.1) is 12.4 Å². The molecule has 4 nitrogen and oxygen atoms in total. The van der Waals surface area contributed by atoms with Gasteiger partial charge in [0.2, 0.25) is 5.91 Å². The molecule has 152 valence electrons. The van der Waals surface area contributed by atoms with Crippen molar-refractivity contribution in [2.24, 2.45) is 5.92 Å². The second kappa shape index (κ2) is 10.4. The van der Waals surface area contributed by atoms with Crippen LogP contribution in [0.15, 0.2) is 48.5 Å². The Morgan fingerprint density at radius 2 is 1.89 bits per heavy atom. The highest BCUT2D eigenvalue weighted by Crippen LogP contribution is 2.24. The van der Waals surface area contributed by atoms with Gasteiger partial charge >= 0.3 is 0 Å². The molecule has 3 rings (SSSR count). The van der Waals surface area contributed by atoms with Gasteiger partial charge in [0.15, 0.2) is 0 Å². The van der Waals surface area contributed by atoms with Crippen LogP contribution >= 0.6 is 12.4 Å². The second-order valence-electron chi connectivity index (χ2n) is 7.24. The quantitative estimate of drug-likeness (QED) is 0.761. The summed E-state index contributed by atoms with van der Waals surface area (Å²) in [7, 11) is 1.63. The van der Waals surface area contributed by atoms with Gasteiger partial charge in [-0.25, -0.2) is 4.39 Å². The first-order chi connectivity index (χ1) is 13.0. The fourth-order valence-electron chi connectivity index (χ4n) is 3.60. The Labute approximate surface area is 172 Å². The molecule has 2 aromatic carbocycles. The third-order valence-electron chi connectivity index (χ3n) is 5.18. The lowest BCUT2D eigenvalue weighted by Crippen LogP contribution is -2.43. The van der Waals surface area contributed by atoms with Gasteiger partial charge < -0.3 is 15.4 Å². The number of amides is 1. The summed E-state index contributed by atoms with van der Waals surface area (Å²) in [5.74, 6) is 0.631. The molecule has 0 saturated carbocycles. The van der Waals surface area contributed by atoms with Crippen molar-refractivity contribution in [1.29, 1.82) is 0 Å². The summed E-state index contributed by atoms with van der Waals surface area (Å²) in [6.07, 6.45) is 2.30. The molecule has 1 unspecified atom stereocenters. The van der Waals surface area contributed by atoms with Crippen molar-refractivity contribution < 1.29 is 13.9 Å². The zero-order chi connectivity index (χ0) is 19.2. The Morgan fingerprint density at radius 3 is 2.50 bits per heavy atom. The first kappa shape index (κ1) is 22.2. The van der Waals surface area contributed by atoms with E-state index in [-0.39, 0.29) is 36.1 Å². The Morgan fingerprint density at radius 1 is 1.21 bits per heavy atom. The van der Waals surface area contributed by atoms with Crippen molar-refractivity contribution in [3.8, 4) is 5.75 Å². The predicted molar refractivity (Wildman–Crippen MR) is 111 cm³/mol. The number of hydrogen-bond acceptors (Lipinski definition) is 3. The predicted octanol–water partition coefficient (Wildman–Crippen LogP) is 4.04. The molecule has 1 aliphatic rings. The maximum Gasteiger partial charge on any atom is 0.223 e. The molecule has 0 spiro atoms. The Balaban J connectivity index is 0.00000280. The molecule has 0 radical (unpaired) electrons. The van der Waals surface area contributed by atoms with Gasteiger partial charge in [0.05, 0.1) is 13.2 Å². The summed E-state index contributed by atoms with van der Waals surface area (Å²) in [4.78, 5) is 12.9. The van der Waals surface area contributed by atoms with E-state index in [1.165, 1.54) is 12.1 Å². The van der Waals surface area contributed by atoms with Crippen molar-refractivity contribution in [2.45, 2.75) is 38.3 Å². The van der Waals surface area contributed by atoms with Gasteiger partial charge in [-0.2, -0.15) is 0 Å². The number of ether oxygens (including phenoxy) is 1. The average Bonchev–Trinajstić information content (AvgIpc) is 2.69. The standard InChI is InChI=1S/C22H27FN2O2.ClH/c1-15-13-18(11-12-24-15)22(26)25-21(14-16-3-7-19(23)8-4-16)17-5-9-20(27-2)10-6-17;/h3-10,15,18,21,24H,11-14H2,1-2H3,(H,25,26);1H/t15-,18-,21?;/m0./s1. The van der Waals surface area contributed by atoms with E-state index in [1.807, 2.05) is 24.3 Å². The van der Waals surface area contributed by atoms with Crippen LogP contribution in [0.3, 0.4) is 0 Å². The molecule has 28 heavy (non-hydrogen) atoms. The molecule has 0 aliphatic carbocycles. The Bertz CT molecular complexity index is 752. The van der Waals surface area contributed by atoms with Gasteiger partial charge in [-0.3, -0.25) is 4.79 Å². The maximum atomic E-state index is 13.2. The molecular formula is C22H28ClFN2O2. The van der Waals surface area contributed by atoms with Crippen LogP contribution in [0.2, 0.25) is 0 Å². The van der Waals surface area contributed by atoms with Gasteiger partial charge in [0, 0.05) is 12.0 Å². The average molecular weight is 407 g/mol. The van der Waals surface area contributed by atoms with Crippen LogP contribution in [-0.2, 0) is 11.2 Å². The first-order valence-electron chi connectivity index (χ1n) is 9.47. The number of carbonyl (C=O) groups is 1. The highest BCUT2D eigenvalue weighted by Gasteiger charge is 2.27. The van der Waals surface area contributed by atoms with Crippen molar-refractivity contribution in [3.63, 3.8) is 0 Å². The third kappa shape index (κ3) is 5.94. The molecule has 1 amide bonds. The van der Waals surface area contributed by atoms with E-state index < -0.39 is 0 Å². The smallest absolute Gasteiger partial charge is 0.223 e. The van der Waals surface area contributed by atoms with E-state index in [1.54, 1.807) is 19.2 Å². The number of piperidine rings is 1. The molecular weight excluding hydrogens is 379 g/mol. The van der Waals surface area contributed by atoms with Gasteiger partial charge in [-0.1, -0.05) is 24.3 Å². The fraction of sp³-hybridized carbons (Fsp3) is 0.409. The molecule has 1 aliphatic heterocycles. The number of rotatable bonds is 6. The number of hydrogen-bond donors (Lipinski definition) is 2. The lowest BCUT2D eigenvalue weighted by Gasteiger charge is -2.29. The SMILES string of the molecule is COc1ccc(C(Cc2ccc(F)cc2)NC(=O)[C@H]2CCN[C@@H](C)C2)cc1.Cl. The molecule has 3 atom stereocenters. The normalized spacial score (nSPS) is 20.0. The van der Waals surface area contributed by atoms with Gasteiger partial charge in [-0.05, 0) is 68.1 Å². The highest BCUT2D eigenvalue weighted by atomic mass is 35.5. The van der Waals surface area contributed by atoms with Crippen molar-refractivity contribution in [3.05, 3.63) is 65.5 Å². The number of nitrogens with one attached hydrogen (secondary N) is 2. The zero-order valence-electron chi connectivity index (χ0n) is 16.3. The van der Waals surface area contributed by atoms with Crippen molar-refractivity contribution in [2.75, 3.05) is 13.7 Å². The van der Waals surface area contributed by atoms with Crippen molar-refractivity contribution >= 4 is 18.3 Å². The van der Waals surface area contributed by atoms with E-state index in [9.17, 15) is 9.18 Å². The summed E-state index contributed by atoms with van der Waals surface area (Å²) >= 11 is 0. The molecule has 0 bridgehead atoms. The van der Waals surface area contributed by atoms with Crippen LogP contribution in [-0.4, -0.2) is 25.6 Å². The maximum absolute atomic E-state index is 13.2. The number of halogens is 2. The topological polar surface area (TPSA) is 50.4 Å². The van der Waals surface area contributed by atoms with Crippen LogP contribution in [0.25, 0.3) is 0 Å². The number of benzene rings is 2. The van der Waals surface area contributed by atoms with Crippen LogP contribution in [0.1, 0.15) is 36.9 Å². The summed E-state index contributed by atoms with van der Waals surface area (Å²) < 4.78 is 18.5. The molecule has 2 aromatic rings. The Hall–Kier alpha value is -2.11. The summed E-state index contributed by atoms with van der Waals surface area (Å²) in [6.45, 7) is 2.98. The van der Waals surface area contributed by atoms with Gasteiger partial charge in [0.1, 0.15) is 11.6 Å². The fourth-order valence-corrected chi connectivity index (χ4v) is 3.60. The van der Waals surface area contributed by atoms with E-state index in [0.717, 1.165) is 36.3 Å². The lowest BCUT2D eigenvalue weighted by atomic mass is 9.91. The Kier molecular flexibility index (Phi) is 8.27. The molecule has 1 heterocycles. The summed E-state index contributed by atoms with van der Waals surface area (Å²) in [5.41, 5.74) is 1.99. The second-order valence-corrected chi connectivity index (χ2v) is 7.24. The minimum absolute atomic E-state index is 0. The van der Waals surface area contributed by atoms with Crippen LogP contribution in [0, 0.1) is 11.7 Å². The van der Waals surface area contributed by atoms with Gasteiger partial charge in [0.25, 0.3) is 0 Å². The van der Waals surface area contributed by atoms with Crippen LogP contribution in [0.4, 0.5) is 4.39 Å². The van der Waals surface area contributed by atoms with E-state index in [0.29, 0.717) is 12.5 Å². The number of methoxy groups -OCH3 is 1. The molecule has 6 heteroatoms. The lowest BCUT2D eigenvalue weighted by molar-refractivity contribution is -0.126. The molecule has 1 saturated heterocycles. The largest absolute Gasteiger partial charge is 0.497 e. The molecule has 0 aromatic heterocycles. The van der Waals surface area contributed by atoms with E-state index in [4.69, 9.17) is 4.74 Å². The highest BCUT2D eigenvalue weighted by molar-refractivity contribution is 5.85. The monoisotopic (exact) mass is 406 g/mol. The summed E-state index contributed by atoms with van der Waals surface area (Å²) in [6, 6.07) is 14.4. The zero-order valence-corrected chi connectivity index (χ0v) is 17.1. The van der Waals surface area contributed by atoms with E-state index >= 15 is 0 Å². The minimum Gasteiger partial charge on any atom is -0.497 e.